The van der Waals surface area contributed by atoms with Gasteiger partial charge in [0.15, 0.2) is 11.5 Å². The van der Waals surface area contributed by atoms with Crippen LogP contribution in [0.15, 0.2) is 36.4 Å². The van der Waals surface area contributed by atoms with Gasteiger partial charge < -0.3 is 19.1 Å². The maximum Gasteiger partial charge on any atom is 0.165 e. The van der Waals surface area contributed by atoms with Crippen LogP contribution >= 0.6 is 0 Å². The largest absolute Gasteiger partial charge is 0.493 e. The molecular weight excluding hydrogens is 402 g/mol. The lowest BCUT2D eigenvalue weighted by molar-refractivity contribution is -0.134. The molecule has 32 heavy (non-hydrogen) atoms. The Bertz CT molecular complexity index is 1020. The Kier molecular flexibility index (Phi) is 5.40. The Balaban J connectivity index is 1.70. The summed E-state index contributed by atoms with van der Waals surface area (Å²) in [6, 6.07) is 12.6. The van der Waals surface area contributed by atoms with Gasteiger partial charge in [-0.05, 0) is 44.3 Å². The Hall–Kier alpha value is -2.53. The Labute approximate surface area is 190 Å². The predicted molar refractivity (Wildman–Crippen MR) is 124 cm³/mol. The van der Waals surface area contributed by atoms with E-state index < -0.39 is 0 Å². The molecule has 0 spiro atoms. The zero-order valence-corrected chi connectivity index (χ0v) is 19.5. The highest BCUT2D eigenvalue weighted by Crippen LogP contribution is 2.62. The smallest absolute Gasteiger partial charge is 0.165 e. The number of piperidine rings is 1. The van der Waals surface area contributed by atoms with Crippen LogP contribution in [0.2, 0.25) is 0 Å². The van der Waals surface area contributed by atoms with Gasteiger partial charge in [-0.2, -0.15) is 0 Å². The molecule has 5 heteroatoms. The molecule has 3 aliphatic rings. The maximum absolute atomic E-state index is 13.1. The van der Waals surface area contributed by atoms with Crippen molar-refractivity contribution in [3.05, 3.63) is 53.1 Å². The second-order valence-electron chi connectivity index (χ2n) is 9.61. The molecule has 5 nitrogen and oxygen atoms in total. The lowest BCUT2D eigenvalue weighted by Crippen LogP contribution is -2.64. The molecule has 0 amide bonds. The topological polar surface area (TPSA) is 48.0 Å². The quantitative estimate of drug-likeness (QED) is 0.697. The van der Waals surface area contributed by atoms with E-state index in [2.05, 4.69) is 31.0 Å². The molecule has 2 fully saturated rings. The standard InChI is InChI=1S/C27H33NO4/c1-17-22(29)11-10-20-21-14-19-23(32-16-18-8-6-5-7-9-18)15-24(30-3)26(31-4)25(19)27(17,20)12-13-28(21)2/h5-9,15,17,20-21H,10-14,16H2,1-4H3/t17-,20+,21-,27+/m1/s1. The van der Waals surface area contributed by atoms with Crippen molar-refractivity contribution >= 4 is 5.78 Å². The molecular formula is C27H33NO4. The summed E-state index contributed by atoms with van der Waals surface area (Å²) < 4.78 is 18.2. The van der Waals surface area contributed by atoms with Crippen molar-refractivity contribution in [2.45, 2.75) is 50.7 Å². The first-order valence-electron chi connectivity index (χ1n) is 11.7. The molecule has 2 bridgehead atoms. The van der Waals surface area contributed by atoms with Gasteiger partial charge in [0.25, 0.3) is 0 Å². The molecule has 5 rings (SSSR count). The number of methoxy groups -OCH3 is 2. The summed E-state index contributed by atoms with van der Waals surface area (Å²) in [5, 5.41) is 0. The van der Waals surface area contributed by atoms with E-state index in [4.69, 9.17) is 14.2 Å². The van der Waals surface area contributed by atoms with E-state index >= 15 is 0 Å². The maximum atomic E-state index is 13.1. The first-order valence-corrected chi connectivity index (χ1v) is 11.7. The van der Waals surface area contributed by atoms with Crippen molar-refractivity contribution in [1.29, 1.82) is 0 Å². The van der Waals surface area contributed by atoms with Crippen molar-refractivity contribution in [2.24, 2.45) is 11.8 Å². The fourth-order valence-corrected chi connectivity index (χ4v) is 6.75. The summed E-state index contributed by atoms with van der Waals surface area (Å²) in [6.07, 6.45) is 3.48. The molecule has 1 aliphatic heterocycles. The molecule has 2 aromatic rings. The number of rotatable bonds is 5. The number of benzene rings is 2. The van der Waals surface area contributed by atoms with E-state index in [-0.39, 0.29) is 11.3 Å². The summed E-state index contributed by atoms with van der Waals surface area (Å²) in [7, 11) is 5.62. The lowest BCUT2D eigenvalue weighted by atomic mass is 9.48. The Morgan fingerprint density at radius 1 is 1.12 bits per heavy atom. The van der Waals surface area contributed by atoms with Crippen LogP contribution in [-0.2, 0) is 23.2 Å². The van der Waals surface area contributed by atoms with Gasteiger partial charge in [0.2, 0.25) is 0 Å². The Morgan fingerprint density at radius 2 is 1.91 bits per heavy atom. The average molecular weight is 436 g/mol. The van der Waals surface area contributed by atoms with E-state index in [1.165, 1.54) is 5.56 Å². The molecule has 1 saturated carbocycles. The number of ether oxygens (including phenoxy) is 3. The summed E-state index contributed by atoms with van der Waals surface area (Å²) in [5.74, 6) is 3.08. The predicted octanol–water partition coefficient (Wildman–Crippen LogP) is 4.40. The van der Waals surface area contributed by atoms with Gasteiger partial charge in [-0.15, -0.1) is 0 Å². The summed E-state index contributed by atoms with van der Waals surface area (Å²) in [5.41, 5.74) is 3.25. The molecule has 2 aromatic carbocycles. The number of likely N-dealkylation sites (tertiary alicyclic amines) is 1. The van der Waals surface area contributed by atoms with Crippen molar-refractivity contribution in [3.63, 3.8) is 0 Å². The van der Waals surface area contributed by atoms with Crippen LogP contribution in [0.25, 0.3) is 0 Å². The SMILES string of the molecule is COc1cc(OCc2ccccc2)c2c(c1OC)[C@]13CCN(C)[C@H](C2)[C@@H]1CCC(=O)[C@H]3C. The third kappa shape index (κ3) is 3.05. The van der Waals surface area contributed by atoms with E-state index in [1.54, 1.807) is 14.2 Å². The van der Waals surface area contributed by atoms with Gasteiger partial charge >= 0.3 is 0 Å². The van der Waals surface area contributed by atoms with Crippen molar-refractivity contribution < 1.29 is 19.0 Å². The van der Waals surface area contributed by atoms with Crippen LogP contribution < -0.4 is 14.2 Å². The fourth-order valence-electron chi connectivity index (χ4n) is 6.75. The molecule has 0 N–H and O–H groups in total. The van der Waals surface area contributed by atoms with Gasteiger partial charge in [-0.1, -0.05) is 37.3 Å². The second kappa shape index (κ2) is 8.11. The van der Waals surface area contributed by atoms with E-state index in [1.807, 2.05) is 24.3 Å². The lowest BCUT2D eigenvalue weighted by Gasteiger charge is -2.60. The van der Waals surface area contributed by atoms with E-state index in [0.29, 0.717) is 36.5 Å². The molecule has 2 aliphatic carbocycles. The number of Topliss-reactive ketones (excluding diaryl/α,β-unsaturated/α-hetero) is 1. The average Bonchev–Trinajstić information content (AvgIpc) is 2.82. The highest BCUT2D eigenvalue weighted by Gasteiger charge is 2.60. The minimum atomic E-state index is -0.231. The third-order valence-corrected chi connectivity index (χ3v) is 8.38. The number of likely N-dealkylation sites (N-methyl/N-ethyl adjacent to an activating group) is 1. The molecule has 1 saturated heterocycles. The van der Waals surface area contributed by atoms with Gasteiger partial charge in [-0.25, -0.2) is 0 Å². The van der Waals surface area contributed by atoms with E-state index in [9.17, 15) is 4.79 Å². The van der Waals surface area contributed by atoms with Crippen molar-refractivity contribution in [2.75, 3.05) is 27.8 Å². The molecule has 1 heterocycles. The molecule has 4 atom stereocenters. The number of carbonyl (C=O) groups excluding carboxylic acids is 1. The summed E-state index contributed by atoms with van der Waals surface area (Å²) in [6.45, 7) is 3.61. The van der Waals surface area contributed by atoms with Crippen LogP contribution in [0.4, 0.5) is 0 Å². The molecule has 0 radical (unpaired) electrons. The zero-order valence-electron chi connectivity index (χ0n) is 19.5. The number of ketones is 1. The highest BCUT2D eigenvalue weighted by atomic mass is 16.5. The molecule has 170 valence electrons. The number of hydrogen-bond donors (Lipinski definition) is 0. The number of carbonyl (C=O) groups is 1. The minimum Gasteiger partial charge on any atom is -0.493 e. The number of hydrogen-bond acceptors (Lipinski definition) is 5. The molecule has 0 unspecified atom stereocenters. The Morgan fingerprint density at radius 3 is 2.62 bits per heavy atom. The van der Waals surface area contributed by atoms with Gasteiger partial charge in [0, 0.05) is 41.0 Å². The highest BCUT2D eigenvalue weighted by molar-refractivity contribution is 5.85. The minimum absolute atomic E-state index is 0.0421. The van der Waals surface area contributed by atoms with Crippen molar-refractivity contribution in [1.82, 2.24) is 4.90 Å². The van der Waals surface area contributed by atoms with Gasteiger partial charge in [0.1, 0.15) is 18.1 Å². The van der Waals surface area contributed by atoms with Crippen LogP contribution in [-0.4, -0.2) is 44.5 Å². The zero-order chi connectivity index (χ0) is 22.5. The third-order valence-electron chi connectivity index (χ3n) is 8.38. The van der Waals surface area contributed by atoms with Gasteiger partial charge in [-0.3, -0.25) is 4.79 Å². The normalized spacial score (nSPS) is 29.1. The van der Waals surface area contributed by atoms with Crippen molar-refractivity contribution in [3.8, 4) is 17.2 Å². The summed E-state index contributed by atoms with van der Waals surface area (Å²) >= 11 is 0. The van der Waals surface area contributed by atoms with Crippen LogP contribution in [0.5, 0.6) is 17.2 Å². The first kappa shape index (κ1) is 21.3. The van der Waals surface area contributed by atoms with Gasteiger partial charge in [0.05, 0.1) is 14.2 Å². The molecule has 0 aromatic heterocycles. The van der Waals surface area contributed by atoms with Crippen LogP contribution in [0.1, 0.15) is 42.9 Å². The second-order valence-corrected chi connectivity index (χ2v) is 9.61. The fraction of sp³-hybridized carbons (Fsp3) is 0.519. The van der Waals surface area contributed by atoms with Crippen LogP contribution in [0.3, 0.4) is 0 Å². The first-order chi connectivity index (χ1) is 15.5. The van der Waals surface area contributed by atoms with Crippen LogP contribution in [0, 0.1) is 11.8 Å². The summed E-state index contributed by atoms with van der Waals surface area (Å²) in [4.78, 5) is 15.6. The number of fused-ring (bicyclic) bond motifs is 1. The van der Waals surface area contributed by atoms with E-state index in [0.717, 1.165) is 48.4 Å². The monoisotopic (exact) mass is 435 g/mol. The number of nitrogens with zero attached hydrogens (tertiary/aromatic N) is 1.